The average molecular weight is 260 g/mol. The first-order chi connectivity index (χ1) is 9.36. The zero-order valence-electron chi connectivity index (χ0n) is 11.8. The van der Waals surface area contributed by atoms with Crippen LogP contribution in [0.5, 0.6) is 5.75 Å². The van der Waals surface area contributed by atoms with Crippen molar-refractivity contribution in [3.05, 3.63) is 29.3 Å². The summed E-state index contributed by atoms with van der Waals surface area (Å²) in [5.41, 5.74) is 2.91. The van der Waals surface area contributed by atoms with E-state index < -0.39 is 0 Å². The predicted octanol–water partition coefficient (Wildman–Crippen LogP) is 2.37. The van der Waals surface area contributed by atoms with Crippen molar-refractivity contribution >= 4 is 0 Å². The molecule has 1 fully saturated rings. The van der Waals surface area contributed by atoms with Gasteiger partial charge < -0.3 is 10.1 Å². The van der Waals surface area contributed by atoms with E-state index >= 15 is 0 Å². The van der Waals surface area contributed by atoms with Gasteiger partial charge in [-0.25, -0.2) is 0 Å². The van der Waals surface area contributed by atoms with Crippen molar-refractivity contribution in [2.75, 3.05) is 33.3 Å². The molecule has 2 aliphatic rings. The fourth-order valence-corrected chi connectivity index (χ4v) is 3.28. The number of ether oxygens (including phenoxy) is 1. The van der Waals surface area contributed by atoms with Crippen molar-refractivity contribution in [3.8, 4) is 5.75 Å². The van der Waals surface area contributed by atoms with Crippen LogP contribution in [-0.2, 0) is 6.42 Å². The smallest absolute Gasteiger partial charge is 0.119 e. The molecule has 1 aliphatic heterocycles. The van der Waals surface area contributed by atoms with Crippen molar-refractivity contribution in [2.24, 2.45) is 0 Å². The summed E-state index contributed by atoms with van der Waals surface area (Å²) in [7, 11) is 2.04. The zero-order chi connectivity index (χ0) is 13.1. The Morgan fingerprint density at radius 2 is 2.16 bits per heavy atom. The van der Waals surface area contributed by atoms with Crippen LogP contribution in [0.3, 0.4) is 0 Å². The second-order valence-corrected chi connectivity index (χ2v) is 5.64. The van der Waals surface area contributed by atoms with Gasteiger partial charge in [0.1, 0.15) is 12.4 Å². The summed E-state index contributed by atoms with van der Waals surface area (Å²) in [5.74, 6) is 1.04. The molecule has 0 aromatic heterocycles. The van der Waals surface area contributed by atoms with Gasteiger partial charge in [-0.15, -0.1) is 0 Å². The lowest BCUT2D eigenvalue weighted by Crippen LogP contribution is -2.25. The van der Waals surface area contributed by atoms with Gasteiger partial charge in [-0.3, -0.25) is 4.90 Å². The maximum Gasteiger partial charge on any atom is 0.119 e. The number of nitrogens with one attached hydrogen (secondary N) is 1. The molecule has 0 saturated carbocycles. The standard InChI is InChI=1S/C16H24N2O/c1-17-16-7-4-13-12-14(5-6-15(13)16)19-11-10-18-8-2-3-9-18/h5-6,12,16-17H,2-4,7-11H2,1H3. The van der Waals surface area contributed by atoms with Gasteiger partial charge in [0.2, 0.25) is 0 Å². The molecule has 0 radical (unpaired) electrons. The minimum Gasteiger partial charge on any atom is -0.492 e. The highest BCUT2D eigenvalue weighted by Crippen LogP contribution is 2.33. The molecular formula is C16H24N2O. The van der Waals surface area contributed by atoms with Crippen LogP contribution in [-0.4, -0.2) is 38.2 Å². The summed E-state index contributed by atoms with van der Waals surface area (Å²) < 4.78 is 5.90. The molecule has 1 saturated heterocycles. The third kappa shape index (κ3) is 2.93. The van der Waals surface area contributed by atoms with Gasteiger partial charge in [-0.2, -0.15) is 0 Å². The maximum atomic E-state index is 5.90. The van der Waals surface area contributed by atoms with Crippen LogP contribution in [0.2, 0.25) is 0 Å². The molecule has 0 amide bonds. The van der Waals surface area contributed by atoms with E-state index in [1.807, 2.05) is 7.05 Å². The summed E-state index contributed by atoms with van der Waals surface area (Å²) in [6.45, 7) is 4.37. The number of nitrogens with zero attached hydrogens (tertiary/aromatic N) is 1. The van der Waals surface area contributed by atoms with Crippen LogP contribution >= 0.6 is 0 Å². The van der Waals surface area contributed by atoms with E-state index in [-0.39, 0.29) is 0 Å². The zero-order valence-corrected chi connectivity index (χ0v) is 11.8. The average Bonchev–Trinajstić information content (AvgIpc) is 3.07. The molecule has 3 heteroatoms. The van der Waals surface area contributed by atoms with Crippen LogP contribution < -0.4 is 10.1 Å². The molecule has 3 rings (SSSR count). The molecule has 1 aromatic carbocycles. The third-order valence-electron chi connectivity index (χ3n) is 4.42. The van der Waals surface area contributed by atoms with Crippen molar-refractivity contribution in [1.29, 1.82) is 0 Å². The lowest BCUT2D eigenvalue weighted by atomic mass is 10.1. The van der Waals surface area contributed by atoms with E-state index in [0.29, 0.717) is 6.04 Å². The minimum absolute atomic E-state index is 0.536. The first-order valence-corrected chi connectivity index (χ1v) is 7.52. The Labute approximate surface area is 115 Å². The molecule has 1 aliphatic carbocycles. The normalized spacial score (nSPS) is 22.7. The second kappa shape index (κ2) is 5.93. The van der Waals surface area contributed by atoms with Crippen LogP contribution in [0.1, 0.15) is 36.4 Å². The van der Waals surface area contributed by atoms with E-state index in [0.717, 1.165) is 18.9 Å². The number of hydrogen-bond acceptors (Lipinski definition) is 3. The second-order valence-electron chi connectivity index (χ2n) is 5.64. The molecule has 1 heterocycles. The van der Waals surface area contributed by atoms with E-state index in [1.165, 1.54) is 49.9 Å². The Hall–Kier alpha value is -1.06. The molecule has 0 spiro atoms. The lowest BCUT2D eigenvalue weighted by Gasteiger charge is -2.15. The summed E-state index contributed by atoms with van der Waals surface area (Å²) in [6.07, 6.45) is 5.09. The van der Waals surface area contributed by atoms with E-state index in [1.54, 1.807) is 0 Å². The number of aryl methyl sites for hydroxylation is 1. The lowest BCUT2D eigenvalue weighted by molar-refractivity contribution is 0.237. The van der Waals surface area contributed by atoms with Crippen molar-refractivity contribution in [2.45, 2.75) is 31.7 Å². The van der Waals surface area contributed by atoms with Crippen LogP contribution in [0, 0.1) is 0 Å². The van der Waals surface area contributed by atoms with Gasteiger partial charge in [0.25, 0.3) is 0 Å². The maximum absolute atomic E-state index is 5.90. The Kier molecular flexibility index (Phi) is 4.04. The minimum atomic E-state index is 0.536. The van der Waals surface area contributed by atoms with Crippen molar-refractivity contribution in [3.63, 3.8) is 0 Å². The molecule has 1 atom stereocenters. The van der Waals surface area contributed by atoms with E-state index in [4.69, 9.17) is 4.74 Å². The van der Waals surface area contributed by atoms with Gasteiger partial charge in [0.15, 0.2) is 0 Å². The molecule has 3 nitrogen and oxygen atoms in total. The van der Waals surface area contributed by atoms with Gasteiger partial charge >= 0.3 is 0 Å². The highest BCUT2D eigenvalue weighted by atomic mass is 16.5. The molecule has 0 bridgehead atoms. The van der Waals surface area contributed by atoms with Gasteiger partial charge in [0, 0.05) is 12.6 Å². The predicted molar refractivity (Wildman–Crippen MR) is 77.7 cm³/mol. The Bertz CT molecular complexity index is 427. The van der Waals surface area contributed by atoms with Crippen LogP contribution in [0.15, 0.2) is 18.2 Å². The number of rotatable bonds is 5. The first-order valence-electron chi connectivity index (χ1n) is 7.52. The summed E-state index contributed by atoms with van der Waals surface area (Å²) in [6, 6.07) is 7.12. The summed E-state index contributed by atoms with van der Waals surface area (Å²) in [5, 5.41) is 3.37. The fourth-order valence-electron chi connectivity index (χ4n) is 3.28. The van der Waals surface area contributed by atoms with Crippen molar-refractivity contribution in [1.82, 2.24) is 10.2 Å². The molecular weight excluding hydrogens is 236 g/mol. The summed E-state index contributed by atoms with van der Waals surface area (Å²) >= 11 is 0. The van der Waals surface area contributed by atoms with E-state index in [9.17, 15) is 0 Å². The Morgan fingerprint density at radius 3 is 2.95 bits per heavy atom. The monoisotopic (exact) mass is 260 g/mol. The van der Waals surface area contributed by atoms with Crippen LogP contribution in [0.4, 0.5) is 0 Å². The number of benzene rings is 1. The molecule has 1 unspecified atom stereocenters. The first kappa shape index (κ1) is 12.9. The van der Waals surface area contributed by atoms with Crippen molar-refractivity contribution < 1.29 is 4.74 Å². The molecule has 1 aromatic rings. The largest absolute Gasteiger partial charge is 0.492 e. The molecule has 1 N–H and O–H groups in total. The summed E-state index contributed by atoms with van der Waals surface area (Å²) in [4.78, 5) is 2.49. The highest BCUT2D eigenvalue weighted by Gasteiger charge is 2.21. The van der Waals surface area contributed by atoms with Gasteiger partial charge in [-0.05, 0) is 69.1 Å². The molecule has 104 valence electrons. The Balaban J connectivity index is 1.54. The quantitative estimate of drug-likeness (QED) is 0.879. The number of fused-ring (bicyclic) bond motifs is 1. The topological polar surface area (TPSA) is 24.5 Å². The Morgan fingerprint density at radius 1 is 1.32 bits per heavy atom. The fraction of sp³-hybridized carbons (Fsp3) is 0.625. The molecule has 19 heavy (non-hydrogen) atoms. The van der Waals surface area contributed by atoms with E-state index in [2.05, 4.69) is 28.4 Å². The third-order valence-corrected chi connectivity index (χ3v) is 4.42. The van der Waals surface area contributed by atoms with Crippen LogP contribution in [0.25, 0.3) is 0 Å². The van der Waals surface area contributed by atoms with Gasteiger partial charge in [-0.1, -0.05) is 6.07 Å². The SMILES string of the molecule is CNC1CCc2cc(OCCN3CCCC3)ccc21. The number of hydrogen-bond donors (Lipinski definition) is 1. The van der Waals surface area contributed by atoms with Gasteiger partial charge in [0.05, 0.1) is 0 Å². The number of likely N-dealkylation sites (tertiary alicyclic amines) is 1. The highest BCUT2D eigenvalue weighted by molar-refractivity contribution is 5.40.